The fourth-order valence-electron chi connectivity index (χ4n) is 4.47. The third kappa shape index (κ3) is 4.14. The molecule has 0 bridgehead atoms. The maximum absolute atomic E-state index is 14.3. The lowest BCUT2D eigenvalue weighted by atomic mass is 10.1. The molecule has 4 aromatic rings. The van der Waals surface area contributed by atoms with Gasteiger partial charge in [0.25, 0.3) is 0 Å². The van der Waals surface area contributed by atoms with Crippen molar-refractivity contribution in [1.82, 2.24) is 9.88 Å². The number of hydrogen-bond acceptors (Lipinski definition) is 3. The number of amides is 4. The first-order valence-electron chi connectivity index (χ1n) is 11.1. The number of hydrogen-bond donors (Lipinski definition) is 3. The van der Waals surface area contributed by atoms with Crippen molar-refractivity contribution in [3.63, 3.8) is 0 Å². The molecule has 0 saturated heterocycles. The Balaban J connectivity index is 1.42. The van der Waals surface area contributed by atoms with Crippen LogP contribution in [-0.2, 0) is 17.8 Å². The molecule has 0 aliphatic carbocycles. The molecule has 0 radical (unpaired) electrons. The van der Waals surface area contributed by atoms with Crippen LogP contribution in [0, 0.1) is 5.82 Å². The number of nitrogens with two attached hydrogens (primary N) is 1. The summed E-state index contributed by atoms with van der Waals surface area (Å²) in [6, 6.07) is 16.7. The van der Waals surface area contributed by atoms with E-state index in [0.717, 1.165) is 5.56 Å². The van der Waals surface area contributed by atoms with Crippen molar-refractivity contribution in [2.75, 3.05) is 10.2 Å². The molecule has 36 heavy (non-hydrogen) atoms. The minimum Gasteiger partial charge on any atom is -0.351 e. The predicted molar refractivity (Wildman–Crippen MR) is 136 cm³/mol. The molecule has 1 aliphatic rings. The van der Waals surface area contributed by atoms with Crippen LogP contribution in [0.1, 0.15) is 11.1 Å². The van der Waals surface area contributed by atoms with E-state index in [9.17, 15) is 18.8 Å². The lowest BCUT2D eigenvalue weighted by Crippen LogP contribution is -2.49. The van der Waals surface area contributed by atoms with Crippen molar-refractivity contribution in [2.45, 2.75) is 19.0 Å². The van der Waals surface area contributed by atoms with Gasteiger partial charge < -0.3 is 16.4 Å². The van der Waals surface area contributed by atoms with Crippen LogP contribution in [0.3, 0.4) is 0 Å². The first kappa shape index (κ1) is 23.4. The minimum absolute atomic E-state index is 0.0360. The number of urea groups is 1. The van der Waals surface area contributed by atoms with E-state index < -0.39 is 29.8 Å². The molecule has 8 nitrogen and oxygen atoms in total. The van der Waals surface area contributed by atoms with E-state index in [1.165, 1.54) is 27.8 Å². The van der Waals surface area contributed by atoms with Gasteiger partial charge in [0, 0.05) is 35.8 Å². The van der Waals surface area contributed by atoms with Gasteiger partial charge in [-0.3, -0.25) is 14.3 Å². The minimum atomic E-state index is -0.867. The van der Waals surface area contributed by atoms with Crippen molar-refractivity contribution in [3.05, 3.63) is 94.9 Å². The van der Waals surface area contributed by atoms with Crippen LogP contribution in [0.5, 0.6) is 0 Å². The Morgan fingerprint density at radius 2 is 1.78 bits per heavy atom. The van der Waals surface area contributed by atoms with Crippen molar-refractivity contribution < 1.29 is 18.8 Å². The summed E-state index contributed by atoms with van der Waals surface area (Å²) in [5, 5.41) is 6.12. The molecule has 5 rings (SSSR count). The average Bonchev–Trinajstić information content (AvgIpc) is 3.44. The molecule has 0 saturated carbocycles. The Kier molecular flexibility index (Phi) is 6.07. The molecule has 3 aromatic carbocycles. The van der Waals surface area contributed by atoms with E-state index in [4.69, 9.17) is 17.3 Å². The fraction of sp³-hybridized carbons (Fsp3) is 0.115. The SMILES string of the molecule is NC(=O)n1cc(NC(=O)N2c3ccccc3CC2C(=O)NCc2cccc(Cl)c2F)c2ccccc21. The zero-order valence-electron chi connectivity index (χ0n) is 18.9. The van der Waals surface area contributed by atoms with Gasteiger partial charge >= 0.3 is 12.1 Å². The van der Waals surface area contributed by atoms with E-state index in [1.807, 2.05) is 12.1 Å². The largest absolute Gasteiger partial charge is 0.351 e. The van der Waals surface area contributed by atoms with Crippen molar-refractivity contribution in [2.24, 2.45) is 5.73 Å². The van der Waals surface area contributed by atoms with Gasteiger partial charge in [0.05, 0.1) is 16.2 Å². The number of benzene rings is 3. The van der Waals surface area contributed by atoms with Crippen molar-refractivity contribution >= 4 is 51.8 Å². The summed E-state index contributed by atoms with van der Waals surface area (Å²) in [6.07, 6.45) is 1.74. The average molecular weight is 506 g/mol. The zero-order valence-corrected chi connectivity index (χ0v) is 19.6. The molecule has 2 heterocycles. The lowest BCUT2D eigenvalue weighted by molar-refractivity contribution is -0.122. The molecule has 0 fully saturated rings. The van der Waals surface area contributed by atoms with Crippen molar-refractivity contribution in [3.8, 4) is 0 Å². The molecule has 1 aromatic heterocycles. The van der Waals surface area contributed by atoms with Gasteiger partial charge in [-0.05, 0) is 23.8 Å². The van der Waals surface area contributed by atoms with Crippen molar-refractivity contribution in [1.29, 1.82) is 0 Å². The molecule has 182 valence electrons. The molecule has 1 atom stereocenters. The highest BCUT2D eigenvalue weighted by Gasteiger charge is 2.38. The molecule has 10 heteroatoms. The lowest BCUT2D eigenvalue weighted by Gasteiger charge is -2.25. The quantitative estimate of drug-likeness (QED) is 0.376. The second-order valence-corrected chi connectivity index (χ2v) is 8.75. The number of para-hydroxylation sites is 2. The number of nitrogens with zero attached hydrogens (tertiary/aromatic N) is 2. The van der Waals surface area contributed by atoms with Crippen LogP contribution in [0.2, 0.25) is 5.02 Å². The van der Waals surface area contributed by atoms with Gasteiger partial charge in [0.1, 0.15) is 11.9 Å². The van der Waals surface area contributed by atoms with Crippen LogP contribution in [0.25, 0.3) is 10.9 Å². The Labute approximate surface area is 210 Å². The van der Waals surface area contributed by atoms with Gasteiger partial charge in [-0.15, -0.1) is 0 Å². The Morgan fingerprint density at radius 3 is 2.58 bits per heavy atom. The number of halogens is 2. The van der Waals surface area contributed by atoms with Gasteiger partial charge in [0.15, 0.2) is 0 Å². The number of carbonyl (C=O) groups is 3. The molecule has 1 unspecified atom stereocenters. The number of nitrogens with one attached hydrogen (secondary N) is 2. The first-order chi connectivity index (χ1) is 17.3. The standard InChI is InChI=1S/C26H21ClFN5O3/c27-18-9-5-7-16(23(18)28)13-30-24(34)22-12-15-6-1-3-10-20(15)33(22)26(36)31-19-14-32(25(29)35)21-11-4-2-8-17(19)21/h1-11,14,22H,12-13H2,(H2,29,35)(H,30,34)(H,31,36). The van der Waals surface area contributed by atoms with Crippen LogP contribution < -0.4 is 21.3 Å². The summed E-state index contributed by atoms with van der Waals surface area (Å²) in [5.41, 5.74) is 8.05. The summed E-state index contributed by atoms with van der Waals surface area (Å²) < 4.78 is 15.5. The van der Waals surface area contributed by atoms with E-state index in [0.29, 0.717) is 22.3 Å². The fourth-order valence-corrected chi connectivity index (χ4v) is 4.66. The van der Waals surface area contributed by atoms with E-state index in [1.54, 1.807) is 42.5 Å². The number of primary amides is 1. The topological polar surface area (TPSA) is 109 Å². The van der Waals surface area contributed by atoms with Gasteiger partial charge in [-0.25, -0.2) is 14.0 Å². The highest BCUT2D eigenvalue weighted by atomic mass is 35.5. The molecular weight excluding hydrogens is 485 g/mol. The third-order valence-corrected chi connectivity index (χ3v) is 6.47. The predicted octanol–water partition coefficient (Wildman–Crippen LogP) is 4.64. The zero-order chi connectivity index (χ0) is 25.4. The van der Waals surface area contributed by atoms with Gasteiger partial charge in [-0.2, -0.15) is 0 Å². The summed E-state index contributed by atoms with van der Waals surface area (Å²) in [4.78, 5) is 40.0. The smallest absolute Gasteiger partial charge is 0.327 e. The van der Waals surface area contributed by atoms with Gasteiger partial charge in [0.2, 0.25) is 5.91 Å². The second kappa shape index (κ2) is 9.35. The Hall–Kier alpha value is -4.37. The number of aromatic nitrogens is 1. The first-order valence-corrected chi connectivity index (χ1v) is 11.5. The summed E-state index contributed by atoms with van der Waals surface area (Å²) in [6.45, 7) is -0.0837. The molecular formula is C26H21ClFN5O3. The highest BCUT2D eigenvalue weighted by molar-refractivity contribution is 6.30. The summed E-state index contributed by atoms with van der Waals surface area (Å²) in [5.74, 6) is -1.05. The summed E-state index contributed by atoms with van der Waals surface area (Å²) >= 11 is 5.84. The highest BCUT2D eigenvalue weighted by Crippen LogP contribution is 2.34. The van der Waals surface area contributed by atoms with E-state index >= 15 is 0 Å². The van der Waals surface area contributed by atoms with Gasteiger partial charge in [-0.1, -0.05) is 60.1 Å². The molecule has 1 aliphatic heterocycles. The van der Waals surface area contributed by atoms with E-state index in [2.05, 4.69) is 10.6 Å². The summed E-state index contributed by atoms with van der Waals surface area (Å²) in [7, 11) is 0. The molecule has 4 amide bonds. The number of rotatable bonds is 4. The third-order valence-electron chi connectivity index (χ3n) is 6.17. The Morgan fingerprint density at radius 1 is 1.03 bits per heavy atom. The number of carbonyl (C=O) groups excluding carboxylic acids is 3. The normalized spacial score (nSPS) is 14.5. The maximum atomic E-state index is 14.3. The second-order valence-electron chi connectivity index (χ2n) is 8.35. The number of anilines is 2. The van der Waals surface area contributed by atoms with Crippen LogP contribution in [0.4, 0.5) is 25.4 Å². The number of fused-ring (bicyclic) bond motifs is 2. The molecule has 4 N–H and O–H groups in total. The maximum Gasteiger partial charge on any atom is 0.327 e. The Bertz CT molecular complexity index is 1520. The van der Waals surface area contributed by atoms with E-state index in [-0.39, 0.29) is 23.6 Å². The van der Waals surface area contributed by atoms with Crippen LogP contribution in [0.15, 0.2) is 72.9 Å². The monoisotopic (exact) mass is 505 g/mol. The molecule has 0 spiro atoms. The van der Waals surface area contributed by atoms with Crippen LogP contribution >= 0.6 is 11.6 Å². The van der Waals surface area contributed by atoms with Crippen LogP contribution in [-0.4, -0.2) is 28.6 Å².